The van der Waals surface area contributed by atoms with Gasteiger partial charge in [-0.15, -0.1) is 0 Å². The second-order valence-corrected chi connectivity index (χ2v) is 6.42. The standard InChI is InChI=1S/C12H21N3OS/c1-8-5-6-14-11(15-8)17-9(7-16)10(13)12(2,3)4/h5-6,9-10,16H,7,13H2,1-4H3. The average molecular weight is 255 g/mol. The molecule has 0 saturated carbocycles. The molecule has 0 aliphatic rings. The van der Waals surface area contributed by atoms with Crippen molar-refractivity contribution in [2.24, 2.45) is 11.1 Å². The summed E-state index contributed by atoms with van der Waals surface area (Å²) in [6.07, 6.45) is 1.72. The molecule has 0 fully saturated rings. The molecule has 0 amide bonds. The predicted molar refractivity (Wildman–Crippen MR) is 70.9 cm³/mol. The number of nitrogens with two attached hydrogens (primary N) is 1. The van der Waals surface area contributed by atoms with Gasteiger partial charge >= 0.3 is 0 Å². The number of aryl methyl sites for hydroxylation is 1. The van der Waals surface area contributed by atoms with Crippen LogP contribution in [-0.2, 0) is 0 Å². The number of hydrogen-bond donors (Lipinski definition) is 2. The molecular weight excluding hydrogens is 234 g/mol. The lowest BCUT2D eigenvalue weighted by Gasteiger charge is -2.32. The van der Waals surface area contributed by atoms with Crippen LogP contribution in [0.25, 0.3) is 0 Å². The van der Waals surface area contributed by atoms with Crippen molar-refractivity contribution in [3.05, 3.63) is 18.0 Å². The Bertz CT molecular complexity index is 365. The zero-order valence-electron chi connectivity index (χ0n) is 10.8. The van der Waals surface area contributed by atoms with E-state index in [-0.39, 0.29) is 23.3 Å². The van der Waals surface area contributed by atoms with Gasteiger partial charge in [0.2, 0.25) is 0 Å². The van der Waals surface area contributed by atoms with Crippen LogP contribution < -0.4 is 5.73 Å². The minimum atomic E-state index is -0.110. The van der Waals surface area contributed by atoms with E-state index in [1.54, 1.807) is 6.20 Å². The molecule has 1 aromatic rings. The fourth-order valence-corrected chi connectivity index (χ4v) is 2.62. The highest BCUT2D eigenvalue weighted by Gasteiger charge is 2.29. The first kappa shape index (κ1) is 14.4. The quantitative estimate of drug-likeness (QED) is 0.632. The smallest absolute Gasteiger partial charge is 0.188 e. The number of aliphatic hydroxyl groups excluding tert-OH is 1. The van der Waals surface area contributed by atoms with Gasteiger partial charge in [0.15, 0.2) is 5.16 Å². The highest BCUT2D eigenvalue weighted by atomic mass is 32.2. The lowest BCUT2D eigenvalue weighted by molar-refractivity contribution is 0.233. The Morgan fingerprint density at radius 2 is 2.12 bits per heavy atom. The highest BCUT2D eigenvalue weighted by molar-refractivity contribution is 7.99. The molecule has 0 aliphatic carbocycles. The van der Waals surface area contributed by atoms with Crippen molar-refractivity contribution in [1.29, 1.82) is 0 Å². The monoisotopic (exact) mass is 255 g/mol. The minimum Gasteiger partial charge on any atom is -0.395 e. The van der Waals surface area contributed by atoms with Crippen LogP contribution in [0.1, 0.15) is 26.5 Å². The molecule has 0 spiro atoms. The summed E-state index contributed by atoms with van der Waals surface area (Å²) in [7, 11) is 0. The minimum absolute atomic E-state index is 0.0282. The summed E-state index contributed by atoms with van der Waals surface area (Å²) in [6.45, 7) is 8.15. The van der Waals surface area contributed by atoms with Gasteiger partial charge in [-0.25, -0.2) is 9.97 Å². The summed E-state index contributed by atoms with van der Waals surface area (Å²) < 4.78 is 0. The molecule has 1 aromatic heterocycles. The first-order chi connectivity index (χ1) is 7.84. The van der Waals surface area contributed by atoms with Gasteiger partial charge in [-0.05, 0) is 18.4 Å². The molecule has 0 aromatic carbocycles. The van der Waals surface area contributed by atoms with E-state index in [1.807, 2.05) is 13.0 Å². The van der Waals surface area contributed by atoms with Gasteiger partial charge < -0.3 is 10.8 Å². The third-order valence-corrected chi connectivity index (χ3v) is 3.76. The summed E-state index contributed by atoms with van der Waals surface area (Å²) in [6, 6.07) is 1.74. The van der Waals surface area contributed by atoms with E-state index < -0.39 is 0 Å². The van der Waals surface area contributed by atoms with Gasteiger partial charge in [0, 0.05) is 17.9 Å². The van der Waals surface area contributed by atoms with Gasteiger partial charge in [0.05, 0.1) is 11.9 Å². The average Bonchev–Trinajstić information content (AvgIpc) is 2.24. The van der Waals surface area contributed by atoms with Crippen molar-refractivity contribution in [2.45, 2.75) is 44.1 Å². The number of nitrogens with zero attached hydrogens (tertiary/aromatic N) is 2. The second kappa shape index (κ2) is 5.80. The fraction of sp³-hybridized carbons (Fsp3) is 0.667. The van der Waals surface area contributed by atoms with E-state index in [9.17, 15) is 5.11 Å². The van der Waals surface area contributed by atoms with Gasteiger partial charge in [0.1, 0.15) is 0 Å². The molecule has 1 heterocycles. The van der Waals surface area contributed by atoms with Crippen molar-refractivity contribution in [2.75, 3.05) is 6.61 Å². The highest BCUT2D eigenvalue weighted by Crippen LogP contribution is 2.29. The normalized spacial score (nSPS) is 15.6. The molecule has 1 rings (SSSR count). The third-order valence-electron chi connectivity index (χ3n) is 2.61. The van der Waals surface area contributed by atoms with E-state index >= 15 is 0 Å². The number of aromatic nitrogens is 2. The van der Waals surface area contributed by atoms with Gasteiger partial charge in [-0.2, -0.15) is 0 Å². The van der Waals surface area contributed by atoms with Crippen molar-refractivity contribution >= 4 is 11.8 Å². The molecule has 2 unspecified atom stereocenters. The first-order valence-corrected chi connectivity index (χ1v) is 6.55. The maximum Gasteiger partial charge on any atom is 0.188 e. The Labute approximate surface area is 107 Å². The lowest BCUT2D eigenvalue weighted by Crippen LogP contribution is -2.45. The second-order valence-electron chi connectivity index (χ2n) is 5.21. The van der Waals surface area contributed by atoms with Crippen LogP contribution in [0.4, 0.5) is 0 Å². The Morgan fingerprint density at radius 3 is 2.59 bits per heavy atom. The van der Waals surface area contributed by atoms with Crippen LogP contribution in [0.3, 0.4) is 0 Å². The van der Waals surface area contributed by atoms with E-state index in [1.165, 1.54) is 11.8 Å². The van der Waals surface area contributed by atoms with Crippen LogP contribution in [0.5, 0.6) is 0 Å². The van der Waals surface area contributed by atoms with Crippen LogP contribution >= 0.6 is 11.8 Å². The number of aliphatic hydroxyl groups is 1. The topological polar surface area (TPSA) is 72.0 Å². The lowest BCUT2D eigenvalue weighted by atomic mass is 9.85. The van der Waals surface area contributed by atoms with Crippen molar-refractivity contribution in [3.63, 3.8) is 0 Å². The molecule has 96 valence electrons. The van der Waals surface area contributed by atoms with Crippen LogP contribution in [-0.4, -0.2) is 33.0 Å². The van der Waals surface area contributed by atoms with Gasteiger partial charge in [-0.3, -0.25) is 0 Å². The van der Waals surface area contributed by atoms with E-state index in [0.717, 1.165) is 5.69 Å². The zero-order valence-corrected chi connectivity index (χ0v) is 11.7. The number of thioether (sulfide) groups is 1. The van der Waals surface area contributed by atoms with Gasteiger partial charge in [-0.1, -0.05) is 32.5 Å². The molecule has 0 aliphatic heterocycles. The Hall–Kier alpha value is -0.650. The summed E-state index contributed by atoms with van der Waals surface area (Å²) in [5.41, 5.74) is 7.02. The number of hydrogen-bond acceptors (Lipinski definition) is 5. The summed E-state index contributed by atoms with van der Waals surface area (Å²) in [5, 5.41) is 10.0. The predicted octanol–water partition coefficient (Wildman–Crippen LogP) is 1.61. The van der Waals surface area contributed by atoms with E-state index in [0.29, 0.717) is 5.16 Å². The molecule has 3 N–H and O–H groups in total. The molecule has 2 atom stereocenters. The van der Waals surface area contributed by atoms with E-state index in [2.05, 4.69) is 30.7 Å². The zero-order chi connectivity index (χ0) is 13.1. The molecular formula is C12H21N3OS. The maximum atomic E-state index is 9.43. The molecule has 17 heavy (non-hydrogen) atoms. The van der Waals surface area contributed by atoms with Crippen molar-refractivity contribution in [1.82, 2.24) is 9.97 Å². The Kier molecular flexibility index (Phi) is 4.91. The van der Waals surface area contributed by atoms with Crippen molar-refractivity contribution < 1.29 is 5.11 Å². The molecule has 5 heteroatoms. The van der Waals surface area contributed by atoms with Crippen LogP contribution in [0.2, 0.25) is 0 Å². The van der Waals surface area contributed by atoms with E-state index in [4.69, 9.17) is 5.73 Å². The molecule has 4 nitrogen and oxygen atoms in total. The third kappa shape index (κ3) is 4.26. The summed E-state index contributed by atoms with van der Waals surface area (Å²) >= 11 is 1.44. The Morgan fingerprint density at radius 1 is 1.47 bits per heavy atom. The maximum absolute atomic E-state index is 9.43. The molecule has 0 saturated heterocycles. The van der Waals surface area contributed by atoms with Crippen molar-refractivity contribution in [3.8, 4) is 0 Å². The largest absolute Gasteiger partial charge is 0.395 e. The fourth-order valence-electron chi connectivity index (χ4n) is 1.40. The van der Waals surface area contributed by atoms with Crippen LogP contribution in [0.15, 0.2) is 17.4 Å². The first-order valence-electron chi connectivity index (χ1n) is 5.67. The van der Waals surface area contributed by atoms with Crippen LogP contribution in [0, 0.1) is 12.3 Å². The molecule has 0 bridgehead atoms. The summed E-state index contributed by atoms with van der Waals surface area (Å²) in [5.74, 6) is 0. The molecule has 0 radical (unpaired) electrons. The summed E-state index contributed by atoms with van der Waals surface area (Å²) in [4.78, 5) is 8.49. The van der Waals surface area contributed by atoms with Gasteiger partial charge in [0.25, 0.3) is 0 Å². The Balaban J connectivity index is 2.77. The SMILES string of the molecule is Cc1ccnc(SC(CO)C(N)C(C)(C)C)n1. The number of rotatable bonds is 4.